The molecule has 2 fully saturated rings. The molecule has 1 aromatic rings. The minimum Gasteiger partial charge on any atom is -0.478 e. The highest BCUT2D eigenvalue weighted by Crippen LogP contribution is 2.45. The maximum absolute atomic E-state index is 11.5. The first-order chi connectivity index (χ1) is 10.1. The number of carboxylic acids is 1. The number of piperidine rings is 1. The quantitative estimate of drug-likeness (QED) is 0.868. The zero-order valence-electron chi connectivity index (χ0n) is 12.3. The van der Waals surface area contributed by atoms with Crippen LogP contribution in [0, 0.1) is 5.41 Å². The standard InChI is InChI=1S/C17H22ClNO2/c18-13-5-4-6-14(15(13)16(20)21)19-11-9-17(10-12-19)7-2-1-3-8-17/h4-6H,1-3,7-12H2,(H,20,21). The number of aromatic carboxylic acids is 1. The monoisotopic (exact) mass is 307 g/mol. The highest BCUT2D eigenvalue weighted by molar-refractivity contribution is 6.34. The van der Waals surface area contributed by atoms with Gasteiger partial charge in [0, 0.05) is 13.1 Å². The summed E-state index contributed by atoms with van der Waals surface area (Å²) in [6.07, 6.45) is 9.15. The summed E-state index contributed by atoms with van der Waals surface area (Å²) in [6, 6.07) is 5.38. The topological polar surface area (TPSA) is 40.5 Å². The number of carboxylic acid groups (broad SMARTS) is 1. The van der Waals surface area contributed by atoms with Crippen LogP contribution in [-0.4, -0.2) is 24.2 Å². The third-order valence-corrected chi connectivity index (χ3v) is 5.60. The van der Waals surface area contributed by atoms with Gasteiger partial charge >= 0.3 is 5.97 Å². The lowest BCUT2D eigenvalue weighted by Crippen LogP contribution is -2.41. The third kappa shape index (κ3) is 2.89. The summed E-state index contributed by atoms with van der Waals surface area (Å²) in [5.74, 6) is -0.937. The van der Waals surface area contributed by atoms with E-state index in [0.29, 0.717) is 10.4 Å². The van der Waals surface area contributed by atoms with Crippen molar-refractivity contribution in [2.45, 2.75) is 44.9 Å². The van der Waals surface area contributed by atoms with E-state index < -0.39 is 5.97 Å². The molecule has 3 nitrogen and oxygen atoms in total. The Kier molecular flexibility index (Phi) is 4.12. The molecule has 0 amide bonds. The zero-order valence-corrected chi connectivity index (χ0v) is 13.0. The molecule has 1 aliphatic carbocycles. The van der Waals surface area contributed by atoms with Crippen molar-refractivity contribution < 1.29 is 9.90 Å². The van der Waals surface area contributed by atoms with Crippen molar-refractivity contribution >= 4 is 23.3 Å². The first kappa shape index (κ1) is 14.7. The first-order valence-corrected chi connectivity index (χ1v) is 8.26. The molecule has 1 aromatic carbocycles. The van der Waals surface area contributed by atoms with E-state index in [9.17, 15) is 9.90 Å². The van der Waals surface area contributed by atoms with Gasteiger partial charge in [-0.15, -0.1) is 0 Å². The van der Waals surface area contributed by atoms with Crippen LogP contribution in [0.3, 0.4) is 0 Å². The molecule has 0 atom stereocenters. The molecule has 0 radical (unpaired) electrons. The molecule has 0 bridgehead atoms. The summed E-state index contributed by atoms with van der Waals surface area (Å²) in [5.41, 5.74) is 1.55. The molecular formula is C17H22ClNO2. The second-order valence-electron chi connectivity index (χ2n) is 6.49. The SMILES string of the molecule is O=C(O)c1c(Cl)cccc1N1CCC2(CCCCC2)CC1. The van der Waals surface area contributed by atoms with Gasteiger partial charge in [-0.25, -0.2) is 4.79 Å². The van der Waals surface area contributed by atoms with Crippen molar-refractivity contribution in [2.24, 2.45) is 5.41 Å². The largest absolute Gasteiger partial charge is 0.478 e. The fraction of sp³-hybridized carbons (Fsp3) is 0.588. The van der Waals surface area contributed by atoms with Crippen molar-refractivity contribution in [3.05, 3.63) is 28.8 Å². The van der Waals surface area contributed by atoms with Crippen LogP contribution in [0.25, 0.3) is 0 Å². The molecule has 0 aromatic heterocycles. The van der Waals surface area contributed by atoms with Gasteiger partial charge in [0.25, 0.3) is 0 Å². The Hall–Kier alpha value is -1.22. The molecule has 1 heterocycles. The van der Waals surface area contributed by atoms with Crippen LogP contribution in [0.2, 0.25) is 5.02 Å². The van der Waals surface area contributed by atoms with Gasteiger partial charge in [0.15, 0.2) is 0 Å². The second-order valence-corrected chi connectivity index (χ2v) is 6.89. The summed E-state index contributed by atoms with van der Waals surface area (Å²) < 4.78 is 0. The summed E-state index contributed by atoms with van der Waals surface area (Å²) >= 11 is 6.08. The van der Waals surface area contributed by atoms with E-state index in [0.717, 1.165) is 18.8 Å². The van der Waals surface area contributed by atoms with E-state index in [1.807, 2.05) is 12.1 Å². The van der Waals surface area contributed by atoms with Gasteiger partial charge in [0.2, 0.25) is 0 Å². The molecule has 114 valence electrons. The van der Waals surface area contributed by atoms with Gasteiger partial charge in [-0.05, 0) is 43.2 Å². The molecule has 21 heavy (non-hydrogen) atoms. The molecule has 4 heteroatoms. The fourth-order valence-electron chi connectivity index (χ4n) is 4.01. The Bertz CT molecular complexity index is 528. The number of halogens is 1. The normalized spacial score (nSPS) is 21.5. The fourth-order valence-corrected chi connectivity index (χ4v) is 4.26. The average molecular weight is 308 g/mol. The van der Waals surface area contributed by atoms with Gasteiger partial charge in [0.1, 0.15) is 5.56 Å². The molecule has 2 aliphatic rings. The van der Waals surface area contributed by atoms with Crippen LogP contribution in [0.4, 0.5) is 5.69 Å². The molecular weight excluding hydrogens is 286 g/mol. The summed E-state index contributed by atoms with van der Waals surface area (Å²) in [7, 11) is 0. The summed E-state index contributed by atoms with van der Waals surface area (Å²) in [4.78, 5) is 13.7. The highest BCUT2D eigenvalue weighted by Gasteiger charge is 2.36. The van der Waals surface area contributed by atoms with Gasteiger partial charge in [-0.3, -0.25) is 0 Å². The van der Waals surface area contributed by atoms with Crippen molar-refractivity contribution in [1.82, 2.24) is 0 Å². The number of carbonyl (C=O) groups is 1. The smallest absolute Gasteiger partial charge is 0.339 e. The minimum atomic E-state index is -0.937. The van der Waals surface area contributed by atoms with Crippen molar-refractivity contribution in [1.29, 1.82) is 0 Å². The van der Waals surface area contributed by atoms with E-state index >= 15 is 0 Å². The Morgan fingerprint density at radius 1 is 1.10 bits per heavy atom. The van der Waals surface area contributed by atoms with Gasteiger partial charge < -0.3 is 10.0 Å². The Balaban J connectivity index is 1.78. The maximum atomic E-state index is 11.5. The van der Waals surface area contributed by atoms with Crippen molar-refractivity contribution in [3.8, 4) is 0 Å². The molecule has 3 rings (SSSR count). The lowest BCUT2D eigenvalue weighted by molar-refractivity contribution is 0.0697. The predicted octanol–water partition coefficient (Wildman–Crippen LogP) is 4.59. The van der Waals surface area contributed by atoms with Crippen molar-refractivity contribution in [2.75, 3.05) is 18.0 Å². The van der Waals surface area contributed by atoms with Crippen LogP contribution in [0.1, 0.15) is 55.3 Å². The number of rotatable bonds is 2. The minimum absolute atomic E-state index is 0.249. The third-order valence-electron chi connectivity index (χ3n) is 5.28. The summed E-state index contributed by atoms with van der Waals surface area (Å²) in [6.45, 7) is 1.89. The van der Waals surface area contributed by atoms with E-state index in [1.54, 1.807) is 6.07 Å². The molecule has 1 spiro atoms. The van der Waals surface area contributed by atoms with Crippen LogP contribution in [0.15, 0.2) is 18.2 Å². The number of hydrogen-bond acceptors (Lipinski definition) is 2. The number of hydrogen-bond donors (Lipinski definition) is 1. The average Bonchev–Trinajstić information content (AvgIpc) is 2.48. The van der Waals surface area contributed by atoms with Gasteiger partial charge in [0.05, 0.1) is 10.7 Å². The maximum Gasteiger partial charge on any atom is 0.339 e. The Morgan fingerprint density at radius 3 is 2.38 bits per heavy atom. The van der Waals surface area contributed by atoms with E-state index in [2.05, 4.69) is 4.90 Å². The number of nitrogens with zero attached hydrogens (tertiary/aromatic N) is 1. The Morgan fingerprint density at radius 2 is 1.76 bits per heavy atom. The number of anilines is 1. The number of benzene rings is 1. The lowest BCUT2D eigenvalue weighted by atomic mass is 9.68. The zero-order chi connectivity index (χ0) is 14.9. The van der Waals surface area contributed by atoms with Crippen LogP contribution in [0.5, 0.6) is 0 Å². The molecule has 1 saturated carbocycles. The van der Waals surface area contributed by atoms with Gasteiger partial charge in [-0.1, -0.05) is 36.9 Å². The molecule has 0 unspecified atom stereocenters. The van der Waals surface area contributed by atoms with Crippen LogP contribution >= 0.6 is 11.6 Å². The Labute approximate surface area is 130 Å². The molecule has 1 aliphatic heterocycles. The second kappa shape index (κ2) is 5.88. The van der Waals surface area contributed by atoms with Crippen LogP contribution in [-0.2, 0) is 0 Å². The molecule has 1 N–H and O–H groups in total. The summed E-state index contributed by atoms with van der Waals surface area (Å²) in [5, 5.41) is 9.74. The lowest BCUT2D eigenvalue weighted by Gasteiger charge is -2.45. The van der Waals surface area contributed by atoms with E-state index in [-0.39, 0.29) is 5.56 Å². The van der Waals surface area contributed by atoms with Crippen molar-refractivity contribution in [3.63, 3.8) is 0 Å². The first-order valence-electron chi connectivity index (χ1n) is 7.88. The van der Waals surface area contributed by atoms with E-state index in [1.165, 1.54) is 44.9 Å². The predicted molar refractivity (Wildman–Crippen MR) is 85.4 cm³/mol. The van der Waals surface area contributed by atoms with E-state index in [4.69, 9.17) is 11.6 Å². The van der Waals surface area contributed by atoms with Crippen LogP contribution < -0.4 is 4.90 Å². The highest BCUT2D eigenvalue weighted by atomic mass is 35.5. The van der Waals surface area contributed by atoms with Gasteiger partial charge in [-0.2, -0.15) is 0 Å². The molecule has 1 saturated heterocycles.